The summed E-state index contributed by atoms with van der Waals surface area (Å²) in [5, 5.41) is 15.3. The van der Waals surface area contributed by atoms with Crippen molar-refractivity contribution in [1.29, 1.82) is 0 Å². The van der Waals surface area contributed by atoms with Crippen molar-refractivity contribution in [1.82, 2.24) is 19.7 Å². The minimum absolute atomic E-state index is 0.149. The lowest BCUT2D eigenvalue weighted by Gasteiger charge is -2.30. The third-order valence-electron chi connectivity index (χ3n) is 5.44. The summed E-state index contributed by atoms with van der Waals surface area (Å²) in [5.41, 5.74) is 2.73. The van der Waals surface area contributed by atoms with Gasteiger partial charge >= 0.3 is 0 Å². The lowest BCUT2D eigenvalue weighted by molar-refractivity contribution is 0.212. The van der Waals surface area contributed by atoms with Gasteiger partial charge in [-0.15, -0.1) is 0 Å². The highest BCUT2D eigenvalue weighted by Gasteiger charge is 2.29. The number of fused-ring (bicyclic) bond motifs is 1. The van der Waals surface area contributed by atoms with E-state index in [0.717, 1.165) is 29.7 Å². The first-order valence-corrected chi connectivity index (χ1v) is 11.4. The summed E-state index contributed by atoms with van der Waals surface area (Å²) in [6.07, 6.45) is 5.29. The number of hydrogen-bond donors (Lipinski definition) is 1. The van der Waals surface area contributed by atoms with Crippen molar-refractivity contribution in [3.63, 3.8) is 0 Å². The number of aromatic hydroxyl groups is 1. The first kappa shape index (κ1) is 19.6. The molecule has 1 aliphatic rings. The van der Waals surface area contributed by atoms with Crippen molar-refractivity contribution in [3.05, 3.63) is 65.5 Å². The van der Waals surface area contributed by atoms with E-state index in [-0.39, 0.29) is 11.9 Å². The van der Waals surface area contributed by atoms with Gasteiger partial charge in [-0.1, -0.05) is 18.2 Å². The van der Waals surface area contributed by atoms with Crippen molar-refractivity contribution in [2.75, 3.05) is 13.3 Å². The molecule has 0 spiro atoms. The average molecular weight is 413 g/mol. The summed E-state index contributed by atoms with van der Waals surface area (Å²) in [7, 11) is -1.19. The lowest BCUT2D eigenvalue weighted by Crippen LogP contribution is -2.35. The quantitative estimate of drug-likeness (QED) is 0.692. The molecule has 0 saturated carbocycles. The van der Waals surface area contributed by atoms with Gasteiger partial charge in [0, 0.05) is 30.6 Å². The molecule has 4 rings (SSSR count). The molecule has 1 N–H and O–H groups in total. The molecule has 29 heavy (non-hydrogen) atoms. The smallest absolute Gasteiger partial charge is 0.219 e. The first-order chi connectivity index (χ1) is 13.8. The molecule has 8 heteroatoms. The second-order valence-electron chi connectivity index (χ2n) is 7.58. The minimum atomic E-state index is -3.22. The Bertz CT molecular complexity index is 1130. The summed E-state index contributed by atoms with van der Waals surface area (Å²) in [5.74, 6) is 0.748. The van der Waals surface area contributed by atoms with Crippen molar-refractivity contribution >= 4 is 9.84 Å². The van der Waals surface area contributed by atoms with Crippen LogP contribution in [0.2, 0.25) is 0 Å². The molecule has 3 aromatic rings. The summed E-state index contributed by atoms with van der Waals surface area (Å²) in [6, 6.07) is 12.8. The Morgan fingerprint density at radius 1 is 1.24 bits per heavy atom. The molecular weight excluding hydrogens is 388 g/mol. The van der Waals surface area contributed by atoms with E-state index in [4.69, 9.17) is 0 Å². The SMILES string of the molecule is CN(Cc1cccc(S(C)(=O)=O)c1)C1CCc2nn(-c3ccccn3)c(O)c2C1. The maximum absolute atomic E-state index is 11.8. The van der Waals surface area contributed by atoms with E-state index in [1.807, 2.05) is 31.3 Å². The van der Waals surface area contributed by atoms with Gasteiger partial charge in [0.15, 0.2) is 15.7 Å². The first-order valence-electron chi connectivity index (χ1n) is 9.53. The van der Waals surface area contributed by atoms with Gasteiger partial charge < -0.3 is 5.11 Å². The second-order valence-corrected chi connectivity index (χ2v) is 9.60. The Kier molecular flexibility index (Phi) is 5.14. The van der Waals surface area contributed by atoms with E-state index < -0.39 is 9.84 Å². The van der Waals surface area contributed by atoms with Crippen molar-refractivity contribution in [2.45, 2.75) is 36.7 Å². The number of hydrogen-bond acceptors (Lipinski definition) is 6. The summed E-state index contributed by atoms with van der Waals surface area (Å²) in [4.78, 5) is 6.82. The number of nitrogens with zero attached hydrogens (tertiary/aromatic N) is 4. The van der Waals surface area contributed by atoms with Crippen molar-refractivity contribution in [3.8, 4) is 11.7 Å². The van der Waals surface area contributed by atoms with E-state index in [1.54, 1.807) is 24.4 Å². The molecule has 0 bridgehead atoms. The second kappa shape index (κ2) is 7.61. The van der Waals surface area contributed by atoms with E-state index in [9.17, 15) is 13.5 Å². The molecule has 0 aliphatic heterocycles. The number of sulfone groups is 1. The zero-order valence-electron chi connectivity index (χ0n) is 16.5. The highest BCUT2D eigenvalue weighted by Crippen LogP contribution is 2.32. The van der Waals surface area contributed by atoms with Gasteiger partial charge in [-0.05, 0) is 56.1 Å². The third-order valence-corrected chi connectivity index (χ3v) is 6.55. The van der Waals surface area contributed by atoms with Crippen LogP contribution in [0.4, 0.5) is 0 Å². The molecule has 2 aromatic heterocycles. The monoisotopic (exact) mass is 412 g/mol. The molecule has 1 unspecified atom stereocenters. The number of rotatable bonds is 5. The topological polar surface area (TPSA) is 88.3 Å². The molecule has 152 valence electrons. The lowest BCUT2D eigenvalue weighted by atomic mass is 9.92. The normalized spacial score (nSPS) is 16.7. The van der Waals surface area contributed by atoms with Crippen LogP contribution >= 0.6 is 0 Å². The fourth-order valence-corrected chi connectivity index (χ4v) is 4.53. The molecule has 1 atom stereocenters. The molecule has 0 amide bonds. The Labute approximate surface area is 170 Å². The maximum Gasteiger partial charge on any atom is 0.219 e. The van der Waals surface area contributed by atoms with Gasteiger partial charge in [0.2, 0.25) is 5.88 Å². The van der Waals surface area contributed by atoms with E-state index >= 15 is 0 Å². The van der Waals surface area contributed by atoms with Crippen LogP contribution in [0, 0.1) is 0 Å². The minimum Gasteiger partial charge on any atom is -0.493 e. The number of benzene rings is 1. The zero-order chi connectivity index (χ0) is 20.6. The van der Waals surface area contributed by atoms with Crippen LogP contribution in [0.1, 0.15) is 23.2 Å². The van der Waals surface area contributed by atoms with E-state index in [2.05, 4.69) is 15.0 Å². The van der Waals surface area contributed by atoms with Crippen LogP contribution in [-0.2, 0) is 29.2 Å². The van der Waals surface area contributed by atoms with Gasteiger partial charge in [0.1, 0.15) is 0 Å². The van der Waals surface area contributed by atoms with Gasteiger partial charge in [0.05, 0.1) is 10.6 Å². The Morgan fingerprint density at radius 2 is 2.07 bits per heavy atom. The van der Waals surface area contributed by atoms with Crippen LogP contribution < -0.4 is 0 Å². The summed E-state index contributed by atoms with van der Waals surface area (Å²) >= 11 is 0. The highest BCUT2D eigenvalue weighted by atomic mass is 32.2. The molecule has 2 heterocycles. The largest absolute Gasteiger partial charge is 0.493 e. The van der Waals surface area contributed by atoms with Crippen LogP contribution in [0.3, 0.4) is 0 Å². The number of likely N-dealkylation sites (N-methyl/N-ethyl adjacent to an activating group) is 1. The Hall–Kier alpha value is -2.71. The van der Waals surface area contributed by atoms with Crippen LogP contribution in [0.25, 0.3) is 5.82 Å². The van der Waals surface area contributed by atoms with Gasteiger partial charge in [-0.25, -0.2) is 13.4 Å². The molecule has 7 nitrogen and oxygen atoms in total. The predicted molar refractivity (Wildman–Crippen MR) is 110 cm³/mol. The molecule has 0 radical (unpaired) electrons. The number of pyridine rings is 1. The fourth-order valence-electron chi connectivity index (χ4n) is 3.84. The van der Waals surface area contributed by atoms with Gasteiger partial charge in [-0.2, -0.15) is 9.78 Å². The number of aromatic nitrogens is 3. The van der Waals surface area contributed by atoms with E-state index in [0.29, 0.717) is 23.7 Å². The maximum atomic E-state index is 11.8. The summed E-state index contributed by atoms with van der Waals surface area (Å²) < 4.78 is 25.1. The molecule has 1 aliphatic carbocycles. The fraction of sp³-hybridized carbons (Fsp3) is 0.333. The average Bonchev–Trinajstić information content (AvgIpc) is 3.04. The van der Waals surface area contributed by atoms with Gasteiger partial charge in [0.25, 0.3) is 0 Å². The number of aryl methyl sites for hydroxylation is 1. The Morgan fingerprint density at radius 3 is 2.79 bits per heavy atom. The van der Waals surface area contributed by atoms with E-state index in [1.165, 1.54) is 10.9 Å². The Balaban J connectivity index is 1.52. The highest BCUT2D eigenvalue weighted by molar-refractivity contribution is 7.90. The molecule has 0 fully saturated rings. The summed E-state index contributed by atoms with van der Waals surface area (Å²) in [6.45, 7) is 0.637. The van der Waals surface area contributed by atoms with Crippen LogP contribution in [0.15, 0.2) is 53.6 Å². The molecule has 0 saturated heterocycles. The van der Waals surface area contributed by atoms with Crippen LogP contribution in [0.5, 0.6) is 5.88 Å². The van der Waals surface area contributed by atoms with Crippen LogP contribution in [-0.4, -0.2) is 52.5 Å². The van der Waals surface area contributed by atoms with Gasteiger partial charge in [-0.3, -0.25) is 4.90 Å². The van der Waals surface area contributed by atoms with Crippen molar-refractivity contribution < 1.29 is 13.5 Å². The molecule has 1 aromatic carbocycles. The van der Waals surface area contributed by atoms with Crippen molar-refractivity contribution in [2.24, 2.45) is 0 Å². The molecular formula is C21H24N4O3S. The standard InChI is InChI=1S/C21H24N4O3S/c1-24(14-15-6-5-7-17(12-15)29(2,27)28)16-9-10-19-18(13-16)21(26)25(23-19)20-8-3-4-11-22-20/h3-8,11-12,16,26H,9-10,13-14H2,1-2H3. The zero-order valence-corrected chi connectivity index (χ0v) is 17.3. The third kappa shape index (κ3) is 4.04. The predicted octanol–water partition coefficient (Wildman–Crippen LogP) is 2.37.